The molecule has 1 fully saturated rings. The first kappa shape index (κ1) is 19.7. The van der Waals surface area contributed by atoms with E-state index in [0.29, 0.717) is 31.8 Å². The number of rotatable bonds is 7. The molecule has 0 bridgehead atoms. The summed E-state index contributed by atoms with van der Waals surface area (Å²) in [5.74, 6) is 0.624. The van der Waals surface area contributed by atoms with Crippen molar-refractivity contribution in [2.75, 3.05) is 45.0 Å². The van der Waals surface area contributed by atoms with Crippen LogP contribution in [-0.4, -0.2) is 66.6 Å². The predicted molar refractivity (Wildman–Crippen MR) is 98.1 cm³/mol. The van der Waals surface area contributed by atoms with E-state index in [-0.39, 0.29) is 17.6 Å². The number of carbonyl (C=O) groups excluding carboxylic acids is 2. The molecule has 1 aliphatic rings. The maximum Gasteiger partial charge on any atom is 0.234 e. The van der Waals surface area contributed by atoms with E-state index in [1.54, 1.807) is 23.9 Å². The van der Waals surface area contributed by atoms with Crippen molar-refractivity contribution in [2.24, 2.45) is 0 Å². The Morgan fingerprint density at radius 3 is 2.64 bits per heavy atom. The van der Waals surface area contributed by atoms with Crippen molar-refractivity contribution < 1.29 is 14.0 Å². The SMILES string of the molecule is CCNC(=O)CN1CCCN(C(=O)CCSc2ccc(F)cc2)CC1. The number of amides is 2. The van der Waals surface area contributed by atoms with Crippen LogP contribution in [0.15, 0.2) is 29.2 Å². The highest BCUT2D eigenvalue weighted by molar-refractivity contribution is 7.99. The molecule has 25 heavy (non-hydrogen) atoms. The zero-order valence-electron chi connectivity index (χ0n) is 14.7. The second-order valence-corrected chi connectivity index (χ2v) is 7.18. The van der Waals surface area contributed by atoms with Crippen LogP contribution in [0.2, 0.25) is 0 Å². The molecule has 0 saturated carbocycles. The second kappa shape index (κ2) is 10.4. The molecule has 0 spiro atoms. The number of nitrogens with zero attached hydrogens (tertiary/aromatic N) is 2. The van der Waals surface area contributed by atoms with Gasteiger partial charge in [0.2, 0.25) is 11.8 Å². The minimum atomic E-state index is -0.248. The van der Waals surface area contributed by atoms with Crippen molar-refractivity contribution in [1.82, 2.24) is 15.1 Å². The molecular weight excluding hydrogens is 341 g/mol. The zero-order valence-corrected chi connectivity index (χ0v) is 15.5. The van der Waals surface area contributed by atoms with Crippen molar-refractivity contribution in [3.63, 3.8) is 0 Å². The van der Waals surface area contributed by atoms with Gasteiger partial charge in [0.15, 0.2) is 0 Å². The van der Waals surface area contributed by atoms with Crippen LogP contribution < -0.4 is 5.32 Å². The third kappa shape index (κ3) is 7.04. The van der Waals surface area contributed by atoms with Crippen molar-refractivity contribution in [1.29, 1.82) is 0 Å². The number of likely N-dealkylation sites (N-methyl/N-ethyl adjacent to an activating group) is 1. The Bertz CT molecular complexity index is 568. The first-order chi connectivity index (χ1) is 12.1. The van der Waals surface area contributed by atoms with Gasteiger partial charge in [-0.15, -0.1) is 11.8 Å². The third-order valence-corrected chi connectivity index (χ3v) is 5.09. The molecule has 2 amide bonds. The van der Waals surface area contributed by atoms with E-state index in [1.165, 1.54) is 12.1 Å². The molecule has 1 saturated heterocycles. The molecule has 5 nitrogen and oxygen atoms in total. The third-order valence-electron chi connectivity index (χ3n) is 4.08. The second-order valence-electron chi connectivity index (χ2n) is 6.02. The van der Waals surface area contributed by atoms with Gasteiger partial charge in [0.1, 0.15) is 5.82 Å². The fourth-order valence-corrected chi connectivity index (χ4v) is 3.62. The average Bonchev–Trinajstić information content (AvgIpc) is 2.82. The van der Waals surface area contributed by atoms with Crippen LogP contribution in [0.5, 0.6) is 0 Å². The fraction of sp³-hybridized carbons (Fsp3) is 0.556. The molecule has 138 valence electrons. The minimum Gasteiger partial charge on any atom is -0.355 e. The van der Waals surface area contributed by atoms with E-state index in [1.807, 2.05) is 11.8 Å². The van der Waals surface area contributed by atoms with Gasteiger partial charge in [0.25, 0.3) is 0 Å². The summed E-state index contributed by atoms with van der Waals surface area (Å²) in [6.45, 7) is 5.93. The number of hydrogen-bond donors (Lipinski definition) is 1. The first-order valence-corrected chi connectivity index (χ1v) is 9.72. The molecule has 2 rings (SSSR count). The molecule has 1 N–H and O–H groups in total. The number of benzene rings is 1. The van der Waals surface area contributed by atoms with Crippen molar-refractivity contribution in [3.05, 3.63) is 30.1 Å². The highest BCUT2D eigenvalue weighted by Crippen LogP contribution is 2.19. The summed E-state index contributed by atoms with van der Waals surface area (Å²) >= 11 is 1.56. The normalized spacial score (nSPS) is 15.7. The molecule has 0 aliphatic carbocycles. The first-order valence-electron chi connectivity index (χ1n) is 8.73. The van der Waals surface area contributed by atoms with Crippen LogP contribution in [-0.2, 0) is 9.59 Å². The Morgan fingerprint density at radius 2 is 1.92 bits per heavy atom. The Hall–Kier alpha value is -1.60. The van der Waals surface area contributed by atoms with Crippen molar-refractivity contribution in [2.45, 2.75) is 24.7 Å². The summed E-state index contributed by atoms with van der Waals surface area (Å²) in [5.41, 5.74) is 0. The fourth-order valence-electron chi connectivity index (χ4n) is 2.78. The highest BCUT2D eigenvalue weighted by Gasteiger charge is 2.20. The quantitative estimate of drug-likeness (QED) is 0.749. The van der Waals surface area contributed by atoms with Gasteiger partial charge in [-0.05, 0) is 37.6 Å². The maximum absolute atomic E-state index is 12.9. The lowest BCUT2D eigenvalue weighted by atomic mass is 10.3. The topological polar surface area (TPSA) is 52.7 Å². The van der Waals surface area contributed by atoms with Gasteiger partial charge in [0.05, 0.1) is 6.54 Å². The minimum absolute atomic E-state index is 0.0398. The lowest BCUT2D eigenvalue weighted by molar-refractivity contribution is -0.130. The number of nitrogens with one attached hydrogen (secondary N) is 1. The molecular formula is C18H26FN3O2S. The van der Waals surface area contributed by atoms with Gasteiger partial charge in [0, 0.05) is 49.8 Å². The maximum atomic E-state index is 12.9. The van der Waals surface area contributed by atoms with Gasteiger partial charge in [-0.2, -0.15) is 0 Å². The standard InChI is InChI=1S/C18H26FN3O2S/c1-2-20-17(23)14-21-9-3-10-22(12-11-21)18(24)8-13-25-16-6-4-15(19)5-7-16/h4-7H,2-3,8-14H2,1H3,(H,20,23). The zero-order chi connectivity index (χ0) is 18.1. The Balaban J connectivity index is 1.71. The Kier molecular flexibility index (Phi) is 8.21. The van der Waals surface area contributed by atoms with Gasteiger partial charge < -0.3 is 10.2 Å². The monoisotopic (exact) mass is 367 g/mol. The van der Waals surface area contributed by atoms with Gasteiger partial charge in [-0.1, -0.05) is 0 Å². The van der Waals surface area contributed by atoms with Crippen LogP contribution >= 0.6 is 11.8 Å². The van der Waals surface area contributed by atoms with Crippen LogP contribution in [0.1, 0.15) is 19.8 Å². The molecule has 0 unspecified atom stereocenters. The van der Waals surface area contributed by atoms with Crippen LogP contribution in [0, 0.1) is 5.82 Å². The van der Waals surface area contributed by atoms with E-state index < -0.39 is 0 Å². The van der Waals surface area contributed by atoms with Crippen molar-refractivity contribution >= 4 is 23.6 Å². The van der Waals surface area contributed by atoms with E-state index in [4.69, 9.17) is 0 Å². The van der Waals surface area contributed by atoms with Gasteiger partial charge >= 0.3 is 0 Å². The summed E-state index contributed by atoms with van der Waals surface area (Å²) in [6, 6.07) is 6.33. The predicted octanol–water partition coefficient (Wildman–Crippen LogP) is 1.98. The smallest absolute Gasteiger partial charge is 0.234 e. The summed E-state index contributed by atoms with van der Waals surface area (Å²) < 4.78 is 12.9. The number of carbonyl (C=O) groups is 2. The number of halogens is 1. The molecule has 7 heteroatoms. The van der Waals surface area contributed by atoms with Crippen molar-refractivity contribution in [3.8, 4) is 0 Å². The molecule has 0 atom stereocenters. The van der Waals surface area contributed by atoms with Gasteiger partial charge in [-0.25, -0.2) is 4.39 Å². The van der Waals surface area contributed by atoms with E-state index >= 15 is 0 Å². The van der Waals surface area contributed by atoms with Crippen LogP contribution in [0.3, 0.4) is 0 Å². The molecule has 1 aromatic rings. The lowest BCUT2D eigenvalue weighted by Crippen LogP contribution is -2.40. The van der Waals surface area contributed by atoms with Crippen LogP contribution in [0.25, 0.3) is 0 Å². The summed E-state index contributed by atoms with van der Waals surface area (Å²) in [4.78, 5) is 29.0. The summed E-state index contributed by atoms with van der Waals surface area (Å²) in [7, 11) is 0. The largest absolute Gasteiger partial charge is 0.355 e. The molecule has 0 aromatic heterocycles. The van der Waals surface area contributed by atoms with Crippen LogP contribution in [0.4, 0.5) is 4.39 Å². The van der Waals surface area contributed by atoms with E-state index in [9.17, 15) is 14.0 Å². The summed E-state index contributed by atoms with van der Waals surface area (Å²) in [5, 5.41) is 2.81. The molecule has 1 aliphatic heterocycles. The lowest BCUT2D eigenvalue weighted by Gasteiger charge is -2.21. The molecule has 1 aromatic carbocycles. The number of hydrogen-bond acceptors (Lipinski definition) is 4. The van der Waals surface area contributed by atoms with E-state index in [2.05, 4.69) is 10.2 Å². The number of thioether (sulfide) groups is 1. The molecule has 0 radical (unpaired) electrons. The van der Waals surface area contributed by atoms with E-state index in [0.717, 1.165) is 31.0 Å². The Labute approximate surface area is 152 Å². The molecule has 1 heterocycles. The highest BCUT2D eigenvalue weighted by atomic mass is 32.2. The Morgan fingerprint density at radius 1 is 1.16 bits per heavy atom. The summed E-state index contributed by atoms with van der Waals surface area (Å²) in [6.07, 6.45) is 1.36. The average molecular weight is 367 g/mol. The van der Waals surface area contributed by atoms with Gasteiger partial charge in [-0.3, -0.25) is 14.5 Å².